The summed E-state index contributed by atoms with van der Waals surface area (Å²) in [5.41, 5.74) is 0.161. The minimum atomic E-state index is -4.38. The lowest BCUT2D eigenvalue weighted by molar-refractivity contribution is -0.385. The van der Waals surface area contributed by atoms with Crippen molar-refractivity contribution in [2.75, 3.05) is 6.16 Å². The highest BCUT2D eigenvalue weighted by molar-refractivity contribution is 7.58. The van der Waals surface area contributed by atoms with Crippen molar-refractivity contribution >= 4 is 25.1 Å². The third-order valence-electron chi connectivity index (χ3n) is 4.30. The zero-order valence-electron chi connectivity index (χ0n) is 16.2. The quantitative estimate of drug-likeness (QED) is 0.240. The molecule has 0 aliphatic rings. The number of benzene rings is 2. The number of aliphatic hydroxyl groups excluding tert-OH is 1. The van der Waals surface area contributed by atoms with Crippen LogP contribution in [0.1, 0.15) is 23.4 Å². The van der Waals surface area contributed by atoms with E-state index in [0.29, 0.717) is 5.56 Å². The van der Waals surface area contributed by atoms with Crippen molar-refractivity contribution in [2.45, 2.75) is 24.9 Å². The summed E-state index contributed by atoms with van der Waals surface area (Å²) in [6.07, 6.45) is -2.16. The van der Waals surface area contributed by atoms with Gasteiger partial charge in [0.15, 0.2) is 5.85 Å². The van der Waals surface area contributed by atoms with Crippen LogP contribution in [0.3, 0.4) is 0 Å². The molecular weight excluding hydrogens is 431 g/mol. The molecule has 0 aliphatic carbocycles. The molecule has 2 rings (SSSR count). The Morgan fingerprint density at radius 2 is 1.84 bits per heavy atom. The molecule has 2 unspecified atom stereocenters. The highest BCUT2D eigenvalue weighted by Crippen LogP contribution is 2.54. The standard InChI is InChI=1S/C19H21N2O9P/c22-17(23)16(20-19(25)30-12-13-5-2-1-3-6-13)9-10-31(28,29)18(24)14-7-4-8-15(11-14)21(26)27/h1-8,11,16,18,24H,9-10,12H2,(H,20,25)(H,22,23)(H,28,29)/t16-,18?/m0/s1. The molecule has 0 saturated heterocycles. The van der Waals surface area contributed by atoms with Gasteiger partial charge in [-0.3, -0.25) is 14.7 Å². The normalized spacial score (nSPS) is 14.6. The van der Waals surface area contributed by atoms with E-state index in [-0.39, 0.29) is 17.9 Å². The van der Waals surface area contributed by atoms with Gasteiger partial charge in [-0.2, -0.15) is 0 Å². The molecule has 166 valence electrons. The number of amides is 1. The van der Waals surface area contributed by atoms with Crippen LogP contribution in [-0.4, -0.2) is 44.3 Å². The number of aliphatic carboxylic acids is 1. The van der Waals surface area contributed by atoms with Gasteiger partial charge in [0.25, 0.3) is 5.69 Å². The lowest BCUT2D eigenvalue weighted by Gasteiger charge is -2.21. The molecule has 12 heteroatoms. The van der Waals surface area contributed by atoms with Crippen molar-refractivity contribution in [2.24, 2.45) is 0 Å². The number of nitro benzene ring substituents is 1. The van der Waals surface area contributed by atoms with E-state index in [9.17, 15) is 39.4 Å². The summed E-state index contributed by atoms with van der Waals surface area (Å²) in [7, 11) is -4.38. The number of hydrogen-bond acceptors (Lipinski definition) is 7. The topological polar surface area (TPSA) is 176 Å². The number of carbonyl (C=O) groups is 2. The molecule has 0 heterocycles. The van der Waals surface area contributed by atoms with E-state index in [1.54, 1.807) is 30.3 Å². The molecule has 1 amide bonds. The minimum absolute atomic E-state index is 0.0942. The van der Waals surface area contributed by atoms with Crippen LogP contribution in [-0.2, 0) is 20.7 Å². The SMILES string of the molecule is O=C(N[C@@H](CCP(=O)(O)C(O)c1cccc([N+](=O)[O-])c1)C(=O)O)OCc1ccccc1. The Bertz CT molecular complexity index is 983. The highest BCUT2D eigenvalue weighted by Gasteiger charge is 2.33. The summed E-state index contributed by atoms with van der Waals surface area (Å²) in [5.74, 6) is -3.41. The van der Waals surface area contributed by atoms with Crippen molar-refractivity contribution in [1.29, 1.82) is 0 Å². The van der Waals surface area contributed by atoms with Gasteiger partial charge in [-0.25, -0.2) is 9.59 Å². The van der Waals surface area contributed by atoms with Crippen molar-refractivity contribution in [3.63, 3.8) is 0 Å². The molecule has 0 aromatic heterocycles. The third-order valence-corrected chi connectivity index (χ3v) is 6.26. The number of non-ortho nitro benzene ring substituents is 1. The lowest BCUT2D eigenvalue weighted by Crippen LogP contribution is -2.41. The summed E-state index contributed by atoms with van der Waals surface area (Å²) >= 11 is 0. The van der Waals surface area contributed by atoms with Gasteiger partial charge in [0, 0.05) is 18.3 Å². The number of ether oxygens (including phenoxy) is 1. The molecule has 0 bridgehead atoms. The Morgan fingerprint density at radius 1 is 1.16 bits per heavy atom. The first-order valence-electron chi connectivity index (χ1n) is 9.04. The maximum atomic E-state index is 12.5. The van der Waals surface area contributed by atoms with Crippen molar-refractivity contribution in [3.05, 3.63) is 75.8 Å². The van der Waals surface area contributed by atoms with Crippen LogP contribution in [0.25, 0.3) is 0 Å². The molecular formula is C19H21N2O9P. The van der Waals surface area contributed by atoms with Crippen LogP contribution < -0.4 is 5.32 Å². The first-order valence-corrected chi connectivity index (χ1v) is 11.0. The van der Waals surface area contributed by atoms with Crippen molar-refractivity contribution in [1.82, 2.24) is 5.32 Å². The molecule has 0 saturated carbocycles. The number of hydrogen-bond donors (Lipinski definition) is 4. The van der Waals surface area contributed by atoms with Crippen LogP contribution in [0, 0.1) is 10.1 Å². The minimum Gasteiger partial charge on any atom is -0.480 e. The third kappa shape index (κ3) is 7.18. The number of carboxylic acid groups (broad SMARTS) is 1. The van der Waals surface area contributed by atoms with Gasteiger partial charge in [-0.05, 0) is 17.5 Å². The van der Waals surface area contributed by atoms with Crippen molar-refractivity contribution in [3.8, 4) is 0 Å². The Labute approximate surface area is 176 Å². The average Bonchev–Trinajstić information content (AvgIpc) is 2.75. The number of aliphatic hydroxyl groups is 1. The monoisotopic (exact) mass is 452 g/mol. The predicted octanol–water partition coefficient (Wildman–Crippen LogP) is 2.63. The average molecular weight is 452 g/mol. The summed E-state index contributed by atoms with van der Waals surface area (Å²) in [4.78, 5) is 43.6. The van der Waals surface area contributed by atoms with E-state index in [2.05, 4.69) is 5.32 Å². The van der Waals surface area contributed by atoms with E-state index >= 15 is 0 Å². The maximum Gasteiger partial charge on any atom is 0.408 e. The number of alkyl carbamates (subject to hydrolysis) is 1. The fourth-order valence-electron chi connectivity index (χ4n) is 2.63. The smallest absolute Gasteiger partial charge is 0.408 e. The van der Waals surface area contributed by atoms with Gasteiger partial charge < -0.3 is 25.2 Å². The highest BCUT2D eigenvalue weighted by atomic mass is 31.2. The number of carbonyl (C=O) groups excluding carboxylic acids is 1. The molecule has 0 fully saturated rings. The number of nitrogens with one attached hydrogen (secondary N) is 1. The largest absolute Gasteiger partial charge is 0.480 e. The first kappa shape index (κ1) is 24.0. The fraction of sp³-hybridized carbons (Fsp3) is 0.263. The zero-order valence-corrected chi connectivity index (χ0v) is 17.1. The Balaban J connectivity index is 1.97. The Kier molecular flexibility index (Phi) is 8.26. The van der Waals surface area contributed by atoms with E-state index in [0.717, 1.165) is 12.1 Å². The van der Waals surface area contributed by atoms with Crippen molar-refractivity contribution < 1.29 is 38.9 Å². The van der Waals surface area contributed by atoms with E-state index < -0.39 is 48.8 Å². The van der Waals surface area contributed by atoms with Crippen LogP contribution in [0.5, 0.6) is 0 Å². The molecule has 31 heavy (non-hydrogen) atoms. The molecule has 3 atom stereocenters. The second-order valence-electron chi connectivity index (χ2n) is 6.59. The van der Waals surface area contributed by atoms with Crippen LogP contribution in [0.2, 0.25) is 0 Å². The van der Waals surface area contributed by atoms with E-state index in [1.807, 2.05) is 0 Å². The maximum absolute atomic E-state index is 12.5. The second kappa shape index (κ2) is 10.7. The number of rotatable bonds is 10. The van der Waals surface area contributed by atoms with Gasteiger partial charge in [0.05, 0.1) is 4.92 Å². The molecule has 0 spiro atoms. The zero-order chi connectivity index (χ0) is 23.0. The summed E-state index contributed by atoms with van der Waals surface area (Å²) < 4.78 is 17.5. The lowest BCUT2D eigenvalue weighted by atomic mass is 10.2. The second-order valence-corrected chi connectivity index (χ2v) is 9.04. The van der Waals surface area contributed by atoms with Gasteiger partial charge in [-0.1, -0.05) is 42.5 Å². The summed E-state index contributed by atoms with van der Waals surface area (Å²) in [6, 6.07) is 11.7. The molecule has 2 aromatic rings. The molecule has 4 N–H and O–H groups in total. The molecule has 0 radical (unpaired) electrons. The first-order chi connectivity index (χ1) is 14.6. The van der Waals surface area contributed by atoms with Gasteiger partial charge >= 0.3 is 12.1 Å². The van der Waals surface area contributed by atoms with Gasteiger partial charge in [0.2, 0.25) is 7.37 Å². The molecule has 11 nitrogen and oxygen atoms in total. The Morgan fingerprint density at radius 3 is 2.45 bits per heavy atom. The Hall–Kier alpha value is -3.27. The van der Waals surface area contributed by atoms with Gasteiger partial charge in [-0.15, -0.1) is 0 Å². The number of nitro groups is 1. The number of carboxylic acids is 1. The summed E-state index contributed by atoms with van der Waals surface area (Å²) in [6.45, 7) is -0.0942. The fourth-order valence-corrected chi connectivity index (χ4v) is 4.13. The van der Waals surface area contributed by atoms with E-state index in [1.165, 1.54) is 12.1 Å². The number of nitrogens with zero attached hydrogens (tertiary/aromatic N) is 1. The molecule has 0 aliphatic heterocycles. The van der Waals surface area contributed by atoms with Gasteiger partial charge in [0.1, 0.15) is 12.6 Å². The molecule has 2 aromatic carbocycles. The van der Waals surface area contributed by atoms with E-state index in [4.69, 9.17) is 4.74 Å². The van der Waals surface area contributed by atoms with Crippen LogP contribution in [0.4, 0.5) is 10.5 Å². The van der Waals surface area contributed by atoms with Crippen LogP contribution >= 0.6 is 7.37 Å². The van der Waals surface area contributed by atoms with Crippen LogP contribution in [0.15, 0.2) is 54.6 Å². The summed E-state index contributed by atoms with van der Waals surface area (Å²) in [5, 5.41) is 32.4. The predicted molar refractivity (Wildman–Crippen MR) is 109 cm³/mol.